The van der Waals surface area contributed by atoms with E-state index in [0.717, 1.165) is 11.1 Å². The summed E-state index contributed by atoms with van der Waals surface area (Å²) in [5.74, 6) is 0.347. The molecule has 2 heterocycles. The van der Waals surface area contributed by atoms with E-state index in [1.165, 1.54) is 12.5 Å². The minimum absolute atomic E-state index is 0.223. The molecule has 0 radical (unpaired) electrons. The van der Waals surface area contributed by atoms with Crippen LogP contribution < -0.4 is 21.9 Å². The molecule has 0 bridgehead atoms. The van der Waals surface area contributed by atoms with Crippen molar-refractivity contribution in [2.75, 3.05) is 16.5 Å². The number of benzene rings is 2. The molecule has 0 atom stereocenters. The van der Waals surface area contributed by atoms with Crippen molar-refractivity contribution in [2.45, 2.75) is 5.92 Å². The van der Waals surface area contributed by atoms with E-state index in [4.69, 9.17) is 17.3 Å². The molecule has 2 aromatic carbocycles. The first-order valence-electron chi connectivity index (χ1n) is 9.76. The lowest BCUT2D eigenvalue weighted by molar-refractivity contribution is -0.121. The number of nitrogen functional groups attached to an aromatic ring is 1. The SMILES string of the molecule is Nc1c(NNC(=O)C(c2ccccc2)c2ccccc2)ncnc1Nc1ccc(Cl)cn1. The van der Waals surface area contributed by atoms with Crippen molar-refractivity contribution in [3.05, 3.63) is 101 Å². The molecule has 0 aliphatic heterocycles. The number of halogens is 1. The Balaban J connectivity index is 1.52. The zero-order chi connectivity index (χ0) is 22.3. The van der Waals surface area contributed by atoms with Crippen molar-refractivity contribution >= 4 is 40.6 Å². The number of carbonyl (C=O) groups is 1. The Labute approximate surface area is 189 Å². The highest BCUT2D eigenvalue weighted by atomic mass is 35.5. The van der Waals surface area contributed by atoms with Crippen molar-refractivity contribution in [3.8, 4) is 0 Å². The van der Waals surface area contributed by atoms with Gasteiger partial charge in [-0.25, -0.2) is 15.0 Å². The predicted molar refractivity (Wildman–Crippen MR) is 125 cm³/mol. The summed E-state index contributed by atoms with van der Waals surface area (Å²) in [6.07, 6.45) is 2.84. The molecule has 0 fully saturated rings. The zero-order valence-corrected chi connectivity index (χ0v) is 17.6. The van der Waals surface area contributed by atoms with Gasteiger partial charge in [-0.05, 0) is 23.3 Å². The van der Waals surface area contributed by atoms with Crippen molar-refractivity contribution in [1.82, 2.24) is 20.4 Å². The molecular formula is C23H20ClN7O. The lowest BCUT2D eigenvalue weighted by Crippen LogP contribution is -2.35. The number of rotatable bonds is 7. The van der Waals surface area contributed by atoms with Crippen LogP contribution in [0.4, 0.5) is 23.1 Å². The highest BCUT2D eigenvalue weighted by molar-refractivity contribution is 6.30. The third-order valence-electron chi connectivity index (χ3n) is 4.69. The van der Waals surface area contributed by atoms with E-state index in [2.05, 4.69) is 31.1 Å². The molecule has 0 aliphatic rings. The molecule has 4 aromatic rings. The van der Waals surface area contributed by atoms with Crippen molar-refractivity contribution in [1.29, 1.82) is 0 Å². The fraction of sp³-hybridized carbons (Fsp3) is 0.0435. The van der Waals surface area contributed by atoms with Crippen LogP contribution in [-0.4, -0.2) is 20.9 Å². The summed E-state index contributed by atoms with van der Waals surface area (Å²) < 4.78 is 0. The van der Waals surface area contributed by atoms with E-state index in [1.54, 1.807) is 12.1 Å². The van der Waals surface area contributed by atoms with Crippen LogP contribution in [0.25, 0.3) is 0 Å². The van der Waals surface area contributed by atoms with Gasteiger partial charge in [0.15, 0.2) is 11.6 Å². The maximum Gasteiger partial charge on any atom is 0.250 e. The van der Waals surface area contributed by atoms with Crippen LogP contribution in [0, 0.1) is 0 Å². The Kier molecular flexibility index (Phi) is 6.43. The smallest absolute Gasteiger partial charge is 0.250 e. The molecule has 0 spiro atoms. The maximum absolute atomic E-state index is 13.1. The fourth-order valence-corrected chi connectivity index (χ4v) is 3.26. The summed E-state index contributed by atoms with van der Waals surface area (Å²) in [7, 11) is 0. The highest BCUT2D eigenvalue weighted by Crippen LogP contribution is 2.27. The van der Waals surface area contributed by atoms with Gasteiger partial charge in [-0.2, -0.15) is 0 Å². The Hall–Kier alpha value is -4.17. The minimum Gasteiger partial charge on any atom is -0.393 e. The quantitative estimate of drug-likeness (QED) is 0.316. The number of hydrogen-bond donors (Lipinski definition) is 4. The van der Waals surface area contributed by atoms with Crippen LogP contribution in [0.1, 0.15) is 17.0 Å². The second-order valence-electron chi connectivity index (χ2n) is 6.84. The average Bonchev–Trinajstić information content (AvgIpc) is 2.82. The van der Waals surface area contributed by atoms with Crippen LogP contribution in [0.15, 0.2) is 85.3 Å². The van der Waals surface area contributed by atoms with Crippen molar-refractivity contribution in [2.24, 2.45) is 0 Å². The third kappa shape index (κ3) is 4.93. The molecule has 160 valence electrons. The second-order valence-corrected chi connectivity index (χ2v) is 7.28. The highest BCUT2D eigenvalue weighted by Gasteiger charge is 2.23. The van der Waals surface area contributed by atoms with Crippen LogP contribution in [-0.2, 0) is 4.79 Å². The molecule has 0 saturated carbocycles. The molecular weight excluding hydrogens is 426 g/mol. The molecule has 2 aromatic heterocycles. The largest absolute Gasteiger partial charge is 0.393 e. The van der Waals surface area contributed by atoms with Gasteiger partial charge < -0.3 is 11.1 Å². The van der Waals surface area contributed by atoms with Crippen LogP contribution in [0.2, 0.25) is 5.02 Å². The summed E-state index contributed by atoms with van der Waals surface area (Å²) in [6.45, 7) is 0. The number of nitrogens with two attached hydrogens (primary N) is 1. The molecule has 8 nitrogen and oxygen atoms in total. The first-order valence-corrected chi connectivity index (χ1v) is 10.1. The molecule has 32 heavy (non-hydrogen) atoms. The number of pyridine rings is 1. The summed E-state index contributed by atoms with van der Waals surface area (Å²) in [5, 5.41) is 3.52. The van der Waals surface area contributed by atoms with Gasteiger partial charge in [-0.1, -0.05) is 72.3 Å². The number of aromatic nitrogens is 3. The molecule has 4 rings (SSSR count). The first kappa shape index (κ1) is 21.1. The average molecular weight is 446 g/mol. The maximum atomic E-state index is 13.1. The predicted octanol–water partition coefficient (Wildman–Crippen LogP) is 4.13. The number of amides is 1. The van der Waals surface area contributed by atoms with Crippen LogP contribution in [0.3, 0.4) is 0 Å². The van der Waals surface area contributed by atoms with Gasteiger partial charge in [-0.15, -0.1) is 0 Å². The first-order chi connectivity index (χ1) is 15.6. The van der Waals surface area contributed by atoms with E-state index in [9.17, 15) is 4.79 Å². The van der Waals surface area contributed by atoms with Crippen LogP contribution in [0.5, 0.6) is 0 Å². The topological polar surface area (TPSA) is 118 Å². The Morgan fingerprint density at radius 1 is 0.844 bits per heavy atom. The number of nitrogens with zero attached hydrogens (tertiary/aromatic N) is 3. The van der Waals surface area contributed by atoms with Gasteiger partial charge in [0.1, 0.15) is 17.8 Å². The van der Waals surface area contributed by atoms with E-state index in [-0.39, 0.29) is 17.4 Å². The molecule has 1 amide bonds. The van der Waals surface area contributed by atoms with Crippen LogP contribution >= 0.6 is 11.6 Å². The Morgan fingerprint density at radius 2 is 1.47 bits per heavy atom. The van der Waals surface area contributed by atoms with Gasteiger partial charge in [0.25, 0.3) is 0 Å². The lowest BCUT2D eigenvalue weighted by atomic mass is 9.91. The summed E-state index contributed by atoms with van der Waals surface area (Å²) in [6, 6.07) is 22.5. The Morgan fingerprint density at radius 3 is 2.06 bits per heavy atom. The molecule has 5 N–H and O–H groups in total. The lowest BCUT2D eigenvalue weighted by Gasteiger charge is -2.19. The number of hydrogen-bond acceptors (Lipinski definition) is 7. The van der Waals surface area contributed by atoms with Gasteiger partial charge >= 0.3 is 0 Å². The molecule has 9 heteroatoms. The number of carbonyl (C=O) groups excluding carboxylic acids is 1. The molecule has 0 saturated heterocycles. The number of anilines is 4. The normalized spacial score (nSPS) is 10.6. The zero-order valence-electron chi connectivity index (χ0n) is 16.9. The second kappa shape index (κ2) is 9.76. The minimum atomic E-state index is -0.510. The van der Waals surface area contributed by atoms with E-state index in [1.807, 2.05) is 60.7 Å². The number of nitrogens with one attached hydrogen (secondary N) is 3. The van der Waals surface area contributed by atoms with E-state index >= 15 is 0 Å². The number of hydrazine groups is 1. The molecule has 0 aliphatic carbocycles. The summed E-state index contributed by atoms with van der Waals surface area (Å²) in [5.41, 5.74) is 13.7. The Bertz CT molecular complexity index is 1150. The van der Waals surface area contributed by atoms with Gasteiger partial charge in [0.05, 0.1) is 10.9 Å². The summed E-state index contributed by atoms with van der Waals surface area (Å²) >= 11 is 5.87. The standard InChI is InChI=1S/C23H20ClN7O/c24-17-11-12-18(26-13-17)29-21-20(25)22(28-14-27-21)30-31-23(32)19(15-7-3-1-4-8-15)16-9-5-2-6-10-16/h1-14,19H,25H2,(H,31,32)(H2,26,27,28,29,30). The van der Waals surface area contributed by atoms with Crippen molar-refractivity contribution in [3.63, 3.8) is 0 Å². The van der Waals surface area contributed by atoms with Gasteiger partial charge in [-0.3, -0.25) is 15.6 Å². The van der Waals surface area contributed by atoms with E-state index in [0.29, 0.717) is 16.7 Å². The summed E-state index contributed by atoms with van der Waals surface area (Å²) in [4.78, 5) is 25.6. The monoisotopic (exact) mass is 445 g/mol. The third-order valence-corrected chi connectivity index (χ3v) is 4.91. The van der Waals surface area contributed by atoms with E-state index < -0.39 is 5.92 Å². The molecule has 0 unspecified atom stereocenters. The van der Waals surface area contributed by atoms with Gasteiger partial charge in [0, 0.05) is 6.20 Å². The fourth-order valence-electron chi connectivity index (χ4n) is 3.15. The van der Waals surface area contributed by atoms with Crippen molar-refractivity contribution < 1.29 is 4.79 Å². The van der Waals surface area contributed by atoms with Gasteiger partial charge in [0.2, 0.25) is 5.91 Å².